The van der Waals surface area contributed by atoms with Crippen LogP contribution in [0.2, 0.25) is 0 Å². The minimum Gasteiger partial charge on any atom is -0.237 e. The molecule has 0 saturated carbocycles. The molecule has 0 saturated heterocycles. The van der Waals surface area contributed by atoms with E-state index in [0.29, 0.717) is 0 Å². The zero-order valence-electron chi connectivity index (χ0n) is 16.6. The highest BCUT2D eigenvalue weighted by Crippen LogP contribution is 2.33. The standard InChI is InChI=1S/C21H31BrN2/c1-19(2,3)14-10-15(22)12-16(11-14)24-18(21(7,8)9)13-17(23-24)20(4,5)6/h10-13H,1-9H3. The van der Waals surface area contributed by atoms with Gasteiger partial charge in [-0.3, -0.25) is 0 Å². The van der Waals surface area contributed by atoms with Crippen molar-refractivity contribution < 1.29 is 0 Å². The quantitative estimate of drug-likeness (QED) is 0.541. The number of aromatic nitrogens is 2. The highest BCUT2D eigenvalue weighted by atomic mass is 79.9. The molecule has 0 aliphatic heterocycles. The van der Waals surface area contributed by atoms with Crippen LogP contribution in [0.1, 0.15) is 79.3 Å². The molecular formula is C21H31BrN2. The van der Waals surface area contributed by atoms with Gasteiger partial charge in [-0.15, -0.1) is 0 Å². The van der Waals surface area contributed by atoms with Gasteiger partial charge < -0.3 is 0 Å². The van der Waals surface area contributed by atoms with Gasteiger partial charge in [-0.1, -0.05) is 78.2 Å². The molecule has 0 spiro atoms. The zero-order chi connectivity index (χ0) is 18.5. The van der Waals surface area contributed by atoms with E-state index in [1.165, 1.54) is 11.3 Å². The van der Waals surface area contributed by atoms with Gasteiger partial charge in [0.25, 0.3) is 0 Å². The van der Waals surface area contributed by atoms with Crippen molar-refractivity contribution in [2.24, 2.45) is 0 Å². The van der Waals surface area contributed by atoms with Crippen LogP contribution in [0.15, 0.2) is 28.7 Å². The first-order valence-corrected chi connectivity index (χ1v) is 9.41. The van der Waals surface area contributed by atoms with Crippen LogP contribution in [-0.4, -0.2) is 9.78 Å². The van der Waals surface area contributed by atoms with Gasteiger partial charge in [-0.25, -0.2) is 4.68 Å². The van der Waals surface area contributed by atoms with Gasteiger partial charge in [0.05, 0.1) is 11.4 Å². The number of hydrogen-bond acceptors (Lipinski definition) is 1. The summed E-state index contributed by atoms with van der Waals surface area (Å²) in [4.78, 5) is 0. The second kappa shape index (κ2) is 6.01. The van der Waals surface area contributed by atoms with E-state index in [1.54, 1.807) is 0 Å². The van der Waals surface area contributed by atoms with Crippen molar-refractivity contribution in [3.05, 3.63) is 45.7 Å². The van der Waals surface area contributed by atoms with E-state index in [9.17, 15) is 0 Å². The van der Waals surface area contributed by atoms with Gasteiger partial charge in [0.2, 0.25) is 0 Å². The number of halogens is 1. The first kappa shape index (κ1) is 19.2. The molecule has 0 aliphatic rings. The molecule has 2 aromatic rings. The Morgan fingerprint density at radius 3 is 1.79 bits per heavy atom. The third-order valence-electron chi connectivity index (χ3n) is 4.24. The zero-order valence-corrected chi connectivity index (χ0v) is 18.2. The van der Waals surface area contributed by atoms with E-state index in [2.05, 4.69) is 107 Å². The average molecular weight is 391 g/mol. The minimum absolute atomic E-state index is 0.0285. The maximum Gasteiger partial charge on any atom is 0.0685 e. The Bertz CT molecular complexity index is 735. The normalized spacial score (nSPS) is 13.4. The van der Waals surface area contributed by atoms with Crippen molar-refractivity contribution in [2.45, 2.75) is 78.6 Å². The van der Waals surface area contributed by atoms with Gasteiger partial charge in [-0.2, -0.15) is 5.10 Å². The number of hydrogen-bond donors (Lipinski definition) is 0. The smallest absolute Gasteiger partial charge is 0.0685 e. The SMILES string of the molecule is CC(C)(C)c1cc(Br)cc(-n2nc(C(C)(C)C)cc2C(C)(C)C)c1. The van der Waals surface area contributed by atoms with Crippen LogP contribution in [-0.2, 0) is 16.2 Å². The van der Waals surface area contributed by atoms with Gasteiger partial charge in [0.15, 0.2) is 0 Å². The second-order valence-electron chi connectivity index (χ2n) is 9.77. The predicted octanol–water partition coefficient (Wildman–Crippen LogP) is 6.53. The molecule has 0 aliphatic carbocycles. The van der Waals surface area contributed by atoms with Crippen LogP contribution < -0.4 is 0 Å². The van der Waals surface area contributed by atoms with Crippen LogP contribution in [0.4, 0.5) is 0 Å². The van der Waals surface area contributed by atoms with Crippen molar-refractivity contribution in [3.63, 3.8) is 0 Å². The molecule has 0 amide bonds. The van der Waals surface area contributed by atoms with Crippen LogP contribution in [0.25, 0.3) is 5.69 Å². The molecule has 0 N–H and O–H groups in total. The number of rotatable bonds is 1. The molecule has 1 heterocycles. The Labute approximate surface area is 155 Å². The molecular weight excluding hydrogens is 360 g/mol. The molecule has 132 valence electrons. The maximum atomic E-state index is 4.98. The minimum atomic E-state index is 0.0285. The summed E-state index contributed by atoms with van der Waals surface area (Å²) in [5, 5.41) is 4.98. The highest BCUT2D eigenvalue weighted by Gasteiger charge is 2.27. The van der Waals surface area contributed by atoms with Gasteiger partial charge in [0.1, 0.15) is 0 Å². The molecule has 0 unspecified atom stereocenters. The summed E-state index contributed by atoms with van der Waals surface area (Å²) < 4.78 is 3.22. The summed E-state index contributed by atoms with van der Waals surface area (Å²) in [5.74, 6) is 0. The van der Waals surface area contributed by atoms with Crippen LogP contribution >= 0.6 is 15.9 Å². The molecule has 2 rings (SSSR count). The Morgan fingerprint density at radius 1 is 0.750 bits per heavy atom. The molecule has 0 atom stereocenters. The maximum absolute atomic E-state index is 4.98. The molecule has 0 radical (unpaired) electrons. The van der Waals surface area contributed by atoms with Crippen molar-refractivity contribution in [1.29, 1.82) is 0 Å². The van der Waals surface area contributed by atoms with Crippen LogP contribution in [0, 0.1) is 0 Å². The van der Waals surface area contributed by atoms with Gasteiger partial charge in [0, 0.05) is 21.0 Å². The third-order valence-corrected chi connectivity index (χ3v) is 4.70. The summed E-state index contributed by atoms with van der Waals surface area (Å²) in [6, 6.07) is 8.88. The fourth-order valence-electron chi connectivity index (χ4n) is 2.61. The van der Waals surface area contributed by atoms with Crippen LogP contribution in [0.3, 0.4) is 0 Å². The lowest BCUT2D eigenvalue weighted by Crippen LogP contribution is -2.18. The summed E-state index contributed by atoms with van der Waals surface area (Å²) in [5.41, 5.74) is 4.95. The average Bonchev–Trinajstić information content (AvgIpc) is 2.81. The molecule has 0 fully saturated rings. The Hall–Kier alpha value is -1.09. The molecule has 24 heavy (non-hydrogen) atoms. The second-order valence-corrected chi connectivity index (χ2v) is 10.7. The Kier molecular flexibility index (Phi) is 4.82. The molecule has 1 aromatic carbocycles. The molecule has 1 aromatic heterocycles. The lowest BCUT2D eigenvalue weighted by Gasteiger charge is -2.23. The van der Waals surface area contributed by atoms with Crippen molar-refractivity contribution in [3.8, 4) is 5.69 Å². The van der Waals surface area contributed by atoms with E-state index in [1.807, 2.05) is 0 Å². The van der Waals surface area contributed by atoms with Crippen LogP contribution in [0.5, 0.6) is 0 Å². The van der Waals surface area contributed by atoms with E-state index in [4.69, 9.17) is 5.10 Å². The van der Waals surface area contributed by atoms with E-state index in [-0.39, 0.29) is 16.2 Å². The fraction of sp³-hybridized carbons (Fsp3) is 0.571. The molecule has 0 bridgehead atoms. The highest BCUT2D eigenvalue weighted by molar-refractivity contribution is 9.10. The van der Waals surface area contributed by atoms with Gasteiger partial charge in [-0.05, 0) is 35.2 Å². The first-order valence-electron chi connectivity index (χ1n) is 8.62. The largest absolute Gasteiger partial charge is 0.237 e. The first-order chi connectivity index (χ1) is 10.7. The fourth-order valence-corrected chi connectivity index (χ4v) is 3.09. The summed E-state index contributed by atoms with van der Waals surface area (Å²) in [6.07, 6.45) is 0. The Balaban J connectivity index is 2.72. The van der Waals surface area contributed by atoms with E-state index in [0.717, 1.165) is 15.9 Å². The van der Waals surface area contributed by atoms with Crippen molar-refractivity contribution in [1.82, 2.24) is 9.78 Å². The summed E-state index contributed by atoms with van der Waals surface area (Å²) in [7, 11) is 0. The molecule has 2 nitrogen and oxygen atoms in total. The summed E-state index contributed by atoms with van der Waals surface area (Å²) >= 11 is 3.68. The van der Waals surface area contributed by atoms with E-state index < -0.39 is 0 Å². The lowest BCUT2D eigenvalue weighted by atomic mass is 9.86. The Morgan fingerprint density at radius 2 is 1.33 bits per heavy atom. The third kappa shape index (κ3) is 4.11. The van der Waals surface area contributed by atoms with Gasteiger partial charge >= 0.3 is 0 Å². The predicted molar refractivity (Wildman–Crippen MR) is 107 cm³/mol. The number of nitrogens with zero attached hydrogens (tertiary/aromatic N) is 2. The molecule has 3 heteroatoms. The van der Waals surface area contributed by atoms with E-state index >= 15 is 0 Å². The number of benzene rings is 1. The lowest BCUT2D eigenvalue weighted by molar-refractivity contribution is 0.536. The monoisotopic (exact) mass is 390 g/mol. The topological polar surface area (TPSA) is 17.8 Å². The van der Waals surface area contributed by atoms with Crippen molar-refractivity contribution in [2.75, 3.05) is 0 Å². The van der Waals surface area contributed by atoms with Crippen molar-refractivity contribution >= 4 is 15.9 Å². The summed E-state index contributed by atoms with van der Waals surface area (Å²) in [6.45, 7) is 20.1.